The number of hydrogen-bond donors (Lipinski definition) is 2. The molecule has 128 valence electrons. The van der Waals surface area contributed by atoms with Crippen LogP contribution in [0.15, 0.2) is 23.1 Å². The monoisotopic (exact) mass is 367 g/mol. The van der Waals surface area contributed by atoms with E-state index in [1.807, 2.05) is 6.92 Å². The van der Waals surface area contributed by atoms with Crippen molar-refractivity contribution in [3.05, 3.63) is 28.7 Å². The second kappa shape index (κ2) is 8.16. The van der Waals surface area contributed by atoms with E-state index < -0.39 is 12.1 Å². The molecule has 0 radical (unpaired) electrons. The van der Waals surface area contributed by atoms with Crippen molar-refractivity contribution in [2.45, 2.75) is 26.4 Å². The number of thiocarbonyl (C=S) groups is 1. The van der Waals surface area contributed by atoms with Gasteiger partial charge >= 0.3 is 5.97 Å². The predicted octanol–water partition coefficient (Wildman–Crippen LogP) is 2.82. The van der Waals surface area contributed by atoms with Crippen LogP contribution in [0.5, 0.6) is 11.5 Å². The standard InChI is InChI=1S/C16H17NO5S2/c1-3-10(15(19)20)22-11-6-5-9(7-12(11)21-4-2)8-13-14(18)17-16(23)24-13/h5-8,10H,3-4H2,1-2H3,(H,19,20)(H,17,18,23)/b13-8+. The average molecular weight is 367 g/mol. The third kappa shape index (κ3) is 4.48. The highest BCUT2D eigenvalue weighted by Crippen LogP contribution is 2.32. The maximum atomic E-state index is 11.7. The molecular weight excluding hydrogens is 350 g/mol. The van der Waals surface area contributed by atoms with E-state index in [2.05, 4.69) is 5.32 Å². The summed E-state index contributed by atoms with van der Waals surface area (Å²) in [6, 6.07) is 5.07. The van der Waals surface area contributed by atoms with Gasteiger partial charge in [0.05, 0.1) is 11.5 Å². The van der Waals surface area contributed by atoms with Crippen molar-refractivity contribution in [3.63, 3.8) is 0 Å². The molecule has 8 heteroatoms. The van der Waals surface area contributed by atoms with E-state index in [9.17, 15) is 9.59 Å². The fourth-order valence-electron chi connectivity index (χ4n) is 2.01. The number of aliphatic carboxylic acids is 1. The molecule has 0 aromatic heterocycles. The third-order valence-electron chi connectivity index (χ3n) is 3.12. The van der Waals surface area contributed by atoms with Crippen LogP contribution in [0.4, 0.5) is 0 Å². The number of thioether (sulfide) groups is 1. The average Bonchev–Trinajstić information content (AvgIpc) is 2.84. The number of nitrogens with one attached hydrogen (secondary N) is 1. The number of carboxylic acid groups (broad SMARTS) is 1. The van der Waals surface area contributed by atoms with Gasteiger partial charge in [-0.2, -0.15) is 0 Å². The minimum atomic E-state index is -1.03. The fraction of sp³-hybridized carbons (Fsp3) is 0.312. The highest BCUT2D eigenvalue weighted by atomic mass is 32.2. The minimum Gasteiger partial charge on any atom is -0.490 e. The van der Waals surface area contributed by atoms with Gasteiger partial charge in [0.25, 0.3) is 5.91 Å². The molecule has 0 aliphatic carbocycles. The third-order valence-corrected chi connectivity index (χ3v) is 4.29. The van der Waals surface area contributed by atoms with E-state index in [-0.39, 0.29) is 5.91 Å². The predicted molar refractivity (Wildman–Crippen MR) is 96.3 cm³/mol. The Balaban J connectivity index is 2.29. The molecule has 1 aromatic rings. The molecule has 1 fully saturated rings. The Kier molecular flexibility index (Phi) is 6.22. The summed E-state index contributed by atoms with van der Waals surface area (Å²) >= 11 is 6.14. The fourth-order valence-corrected chi connectivity index (χ4v) is 3.06. The lowest BCUT2D eigenvalue weighted by Gasteiger charge is -2.16. The summed E-state index contributed by atoms with van der Waals surface area (Å²) in [6.45, 7) is 3.96. The van der Waals surface area contributed by atoms with E-state index >= 15 is 0 Å². The number of carboxylic acids is 1. The highest BCUT2D eigenvalue weighted by Gasteiger charge is 2.23. The lowest BCUT2D eigenvalue weighted by Crippen LogP contribution is -2.26. The van der Waals surface area contributed by atoms with Crippen molar-refractivity contribution in [1.82, 2.24) is 5.32 Å². The van der Waals surface area contributed by atoms with Crippen molar-refractivity contribution >= 4 is 46.3 Å². The smallest absolute Gasteiger partial charge is 0.344 e. The summed E-state index contributed by atoms with van der Waals surface area (Å²) in [4.78, 5) is 23.3. The molecule has 6 nitrogen and oxygen atoms in total. The van der Waals surface area contributed by atoms with E-state index in [1.54, 1.807) is 31.2 Å². The lowest BCUT2D eigenvalue weighted by atomic mass is 10.1. The molecule has 1 aliphatic rings. The summed E-state index contributed by atoms with van der Waals surface area (Å²) < 4.78 is 11.5. The quantitative estimate of drug-likeness (QED) is 0.566. The Bertz CT molecular complexity index is 702. The molecule has 2 N–H and O–H groups in total. The first-order chi connectivity index (χ1) is 11.4. The number of benzene rings is 1. The Labute approximate surface area is 149 Å². The Morgan fingerprint density at radius 1 is 1.42 bits per heavy atom. The number of ether oxygens (including phenoxy) is 2. The first-order valence-corrected chi connectivity index (χ1v) is 8.58. The number of amides is 1. The summed E-state index contributed by atoms with van der Waals surface area (Å²) in [6.07, 6.45) is 1.09. The van der Waals surface area contributed by atoms with Crippen molar-refractivity contribution in [2.75, 3.05) is 6.61 Å². The van der Waals surface area contributed by atoms with E-state index in [0.29, 0.717) is 33.8 Å². The molecule has 1 saturated heterocycles. The molecule has 1 aliphatic heterocycles. The van der Waals surface area contributed by atoms with Crippen LogP contribution >= 0.6 is 24.0 Å². The van der Waals surface area contributed by atoms with Gasteiger partial charge in [-0.05, 0) is 37.1 Å². The number of rotatable bonds is 7. The van der Waals surface area contributed by atoms with E-state index in [0.717, 1.165) is 5.56 Å². The van der Waals surface area contributed by atoms with Crippen LogP contribution in [0.25, 0.3) is 6.08 Å². The Morgan fingerprint density at radius 2 is 2.17 bits per heavy atom. The Hall–Kier alpha value is -2.06. The van der Waals surface area contributed by atoms with Crippen molar-refractivity contribution in [3.8, 4) is 11.5 Å². The second-order valence-corrected chi connectivity index (χ2v) is 6.56. The van der Waals surface area contributed by atoms with Gasteiger partial charge < -0.3 is 19.9 Å². The van der Waals surface area contributed by atoms with Crippen LogP contribution in [-0.2, 0) is 9.59 Å². The van der Waals surface area contributed by atoms with Gasteiger partial charge in [0.2, 0.25) is 0 Å². The van der Waals surface area contributed by atoms with Crippen molar-refractivity contribution in [2.24, 2.45) is 0 Å². The maximum Gasteiger partial charge on any atom is 0.344 e. The summed E-state index contributed by atoms with van der Waals surface area (Å²) in [7, 11) is 0. The normalized spacial score (nSPS) is 16.8. The largest absolute Gasteiger partial charge is 0.490 e. The van der Waals surface area contributed by atoms with Crippen LogP contribution in [0.3, 0.4) is 0 Å². The molecule has 0 spiro atoms. The number of carbonyl (C=O) groups excluding carboxylic acids is 1. The molecule has 2 rings (SSSR count). The summed E-state index contributed by atoms with van der Waals surface area (Å²) in [5.74, 6) is -0.483. The van der Waals surface area contributed by atoms with Gasteiger partial charge in [-0.3, -0.25) is 4.79 Å². The minimum absolute atomic E-state index is 0.236. The number of hydrogen-bond acceptors (Lipinski definition) is 6. The molecule has 1 atom stereocenters. The zero-order chi connectivity index (χ0) is 17.7. The van der Waals surface area contributed by atoms with E-state index in [1.165, 1.54) is 11.8 Å². The maximum absolute atomic E-state index is 11.7. The van der Waals surface area contributed by atoms with Gasteiger partial charge in [-0.25, -0.2) is 4.79 Å². The van der Waals surface area contributed by atoms with Crippen LogP contribution in [0.1, 0.15) is 25.8 Å². The zero-order valence-electron chi connectivity index (χ0n) is 13.2. The van der Waals surface area contributed by atoms with Gasteiger partial charge in [0, 0.05) is 0 Å². The van der Waals surface area contributed by atoms with Crippen LogP contribution in [-0.4, -0.2) is 34.0 Å². The van der Waals surface area contributed by atoms with Gasteiger partial charge in [0.1, 0.15) is 4.32 Å². The van der Waals surface area contributed by atoms with Crippen molar-refractivity contribution < 1.29 is 24.2 Å². The second-order valence-electron chi connectivity index (χ2n) is 4.84. The van der Waals surface area contributed by atoms with Crippen LogP contribution in [0, 0.1) is 0 Å². The van der Waals surface area contributed by atoms with E-state index in [4.69, 9.17) is 26.8 Å². The molecule has 0 saturated carbocycles. The molecule has 0 bridgehead atoms. The highest BCUT2D eigenvalue weighted by molar-refractivity contribution is 8.26. The van der Waals surface area contributed by atoms with Gasteiger partial charge in [-0.1, -0.05) is 37.0 Å². The molecule has 24 heavy (non-hydrogen) atoms. The van der Waals surface area contributed by atoms with Gasteiger partial charge in [-0.15, -0.1) is 0 Å². The molecule has 1 heterocycles. The topological polar surface area (TPSA) is 84.9 Å². The van der Waals surface area contributed by atoms with Gasteiger partial charge in [0.15, 0.2) is 17.6 Å². The van der Waals surface area contributed by atoms with Crippen LogP contribution < -0.4 is 14.8 Å². The number of carbonyl (C=O) groups is 2. The van der Waals surface area contributed by atoms with Crippen molar-refractivity contribution in [1.29, 1.82) is 0 Å². The first-order valence-electron chi connectivity index (χ1n) is 7.35. The van der Waals surface area contributed by atoms with Crippen LogP contribution in [0.2, 0.25) is 0 Å². The molecule has 1 amide bonds. The Morgan fingerprint density at radius 3 is 2.71 bits per heavy atom. The SMILES string of the molecule is CCOc1cc(/C=C2/SC(=S)NC2=O)ccc1OC(CC)C(=O)O. The molecular formula is C16H17NO5S2. The lowest BCUT2D eigenvalue weighted by molar-refractivity contribution is -0.145. The summed E-state index contributed by atoms with van der Waals surface area (Å²) in [5.41, 5.74) is 0.733. The zero-order valence-corrected chi connectivity index (χ0v) is 14.8. The molecule has 1 unspecified atom stereocenters. The first kappa shape index (κ1) is 18.3. The summed E-state index contributed by atoms with van der Waals surface area (Å²) in [5, 5.41) is 11.7. The molecule has 1 aromatic carbocycles.